The van der Waals surface area contributed by atoms with E-state index in [-0.39, 0.29) is 35.1 Å². The summed E-state index contributed by atoms with van der Waals surface area (Å²) in [7, 11) is 0. The van der Waals surface area contributed by atoms with Gasteiger partial charge in [-0.2, -0.15) is 0 Å². The number of carbonyl (C=O) groups is 3. The van der Waals surface area contributed by atoms with Crippen molar-refractivity contribution in [1.82, 2.24) is 20.1 Å². The standard InChI is InChI=1S/C25H29N5O4S/c1-5-30-22(21(15(2)3)27-23(32)17-9-6-8-16(4)12-17)28-29-25(30)35-14-20(31)26-19-11-7-10-18(13-19)24(33)34/h6-13,15,21H,5,14H2,1-4H3,(H,26,31)(H,27,32)(H,33,34)/t21-/m0/s1. The molecule has 2 aromatic carbocycles. The van der Waals surface area contributed by atoms with E-state index in [1.807, 2.05) is 50.5 Å². The van der Waals surface area contributed by atoms with Gasteiger partial charge in [0.1, 0.15) is 0 Å². The molecule has 1 aromatic heterocycles. The van der Waals surface area contributed by atoms with E-state index in [0.717, 1.165) is 5.56 Å². The van der Waals surface area contributed by atoms with Gasteiger partial charge in [0.05, 0.1) is 17.4 Å². The fourth-order valence-corrected chi connectivity index (χ4v) is 4.34. The summed E-state index contributed by atoms with van der Waals surface area (Å²) in [4.78, 5) is 36.5. The minimum atomic E-state index is -1.06. The van der Waals surface area contributed by atoms with Gasteiger partial charge in [0.2, 0.25) is 5.91 Å². The van der Waals surface area contributed by atoms with Crippen molar-refractivity contribution in [2.45, 2.75) is 45.4 Å². The second kappa shape index (κ2) is 11.7. The first-order valence-corrected chi connectivity index (χ1v) is 12.2. The molecular weight excluding hydrogens is 466 g/mol. The van der Waals surface area contributed by atoms with Gasteiger partial charge in [-0.25, -0.2) is 4.79 Å². The first-order chi connectivity index (χ1) is 16.7. The van der Waals surface area contributed by atoms with Crippen LogP contribution < -0.4 is 10.6 Å². The topological polar surface area (TPSA) is 126 Å². The summed E-state index contributed by atoms with van der Waals surface area (Å²) in [5.41, 5.74) is 2.09. The summed E-state index contributed by atoms with van der Waals surface area (Å²) in [5.74, 6) is -0.792. The van der Waals surface area contributed by atoms with Crippen LogP contribution in [0, 0.1) is 12.8 Å². The molecule has 35 heavy (non-hydrogen) atoms. The van der Waals surface area contributed by atoms with Gasteiger partial charge in [-0.15, -0.1) is 10.2 Å². The van der Waals surface area contributed by atoms with Crippen molar-refractivity contribution in [1.29, 1.82) is 0 Å². The van der Waals surface area contributed by atoms with Crippen molar-refractivity contribution in [3.05, 3.63) is 71.0 Å². The minimum Gasteiger partial charge on any atom is -0.478 e. The monoisotopic (exact) mass is 495 g/mol. The third-order valence-corrected chi connectivity index (χ3v) is 6.27. The molecule has 2 amide bonds. The van der Waals surface area contributed by atoms with Crippen LogP contribution in [0.2, 0.25) is 0 Å². The lowest BCUT2D eigenvalue weighted by atomic mass is 10.0. The predicted molar refractivity (Wildman–Crippen MR) is 135 cm³/mol. The number of nitrogens with one attached hydrogen (secondary N) is 2. The molecule has 1 atom stereocenters. The highest BCUT2D eigenvalue weighted by Gasteiger charge is 2.26. The number of hydrogen-bond acceptors (Lipinski definition) is 6. The van der Waals surface area contributed by atoms with E-state index in [0.29, 0.717) is 28.8 Å². The fraction of sp³-hybridized carbons (Fsp3) is 0.320. The van der Waals surface area contributed by atoms with Crippen molar-refractivity contribution < 1.29 is 19.5 Å². The Morgan fingerprint density at radius 1 is 1.06 bits per heavy atom. The molecule has 3 rings (SSSR count). The van der Waals surface area contributed by atoms with Gasteiger partial charge in [-0.05, 0) is 50.1 Å². The van der Waals surface area contributed by atoms with Crippen molar-refractivity contribution in [2.75, 3.05) is 11.1 Å². The van der Waals surface area contributed by atoms with Crippen molar-refractivity contribution in [3.8, 4) is 0 Å². The fourth-order valence-electron chi connectivity index (χ4n) is 3.53. The molecule has 9 nitrogen and oxygen atoms in total. The second-order valence-corrected chi connectivity index (χ2v) is 9.31. The number of carboxylic acid groups (broad SMARTS) is 1. The molecule has 0 bridgehead atoms. The van der Waals surface area contributed by atoms with Crippen LogP contribution in [0.4, 0.5) is 5.69 Å². The van der Waals surface area contributed by atoms with Gasteiger partial charge >= 0.3 is 5.97 Å². The number of hydrogen-bond donors (Lipinski definition) is 3. The average molecular weight is 496 g/mol. The largest absolute Gasteiger partial charge is 0.478 e. The number of carboxylic acids is 1. The quantitative estimate of drug-likeness (QED) is 0.361. The lowest BCUT2D eigenvalue weighted by molar-refractivity contribution is -0.113. The summed E-state index contributed by atoms with van der Waals surface area (Å²) in [6.07, 6.45) is 0. The summed E-state index contributed by atoms with van der Waals surface area (Å²) in [6, 6.07) is 13.1. The molecule has 0 aliphatic rings. The van der Waals surface area contributed by atoms with Crippen molar-refractivity contribution >= 4 is 35.2 Å². The number of aromatic carboxylic acids is 1. The Kier molecular flexibility index (Phi) is 8.64. The van der Waals surface area contributed by atoms with Crippen LogP contribution in [0.3, 0.4) is 0 Å². The van der Waals surface area contributed by atoms with Gasteiger partial charge in [-0.1, -0.05) is 49.4 Å². The average Bonchev–Trinajstić information content (AvgIpc) is 3.23. The minimum absolute atomic E-state index is 0.0564. The van der Waals surface area contributed by atoms with E-state index < -0.39 is 5.97 Å². The zero-order valence-electron chi connectivity index (χ0n) is 20.1. The van der Waals surface area contributed by atoms with Crippen LogP contribution >= 0.6 is 11.8 Å². The van der Waals surface area contributed by atoms with Crippen LogP contribution in [-0.2, 0) is 11.3 Å². The predicted octanol–water partition coefficient (Wildman–Crippen LogP) is 4.16. The smallest absolute Gasteiger partial charge is 0.335 e. The van der Waals surface area contributed by atoms with E-state index in [4.69, 9.17) is 5.11 Å². The van der Waals surface area contributed by atoms with Crippen LogP contribution in [0.5, 0.6) is 0 Å². The maximum absolute atomic E-state index is 12.9. The normalized spacial score (nSPS) is 11.8. The van der Waals surface area contributed by atoms with Gasteiger partial charge in [0.25, 0.3) is 5.91 Å². The molecule has 0 aliphatic heterocycles. The molecule has 184 valence electrons. The molecule has 0 aliphatic carbocycles. The second-order valence-electron chi connectivity index (χ2n) is 8.37. The Hall–Kier alpha value is -3.66. The van der Waals surface area contributed by atoms with E-state index >= 15 is 0 Å². The first-order valence-electron chi connectivity index (χ1n) is 11.3. The van der Waals surface area contributed by atoms with E-state index in [1.54, 1.807) is 18.2 Å². The lowest BCUT2D eigenvalue weighted by Crippen LogP contribution is -2.33. The number of aromatic nitrogens is 3. The first kappa shape index (κ1) is 26.0. The number of rotatable bonds is 10. The number of amides is 2. The molecule has 0 unspecified atom stereocenters. The maximum Gasteiger partial charge on any atom is 0.335 e. The number of carbonyl (C=O) groups excluding carboxylic acids is 2. The summed E-state index contributed by atoms with van der Waals surface area (Å²) >= 11 is 1.22. The number of nitrogens with zero attached hydrogens (tertiary/aromatic N) is 3. The maximum atomic E-state index is 12.9. The molecule has 0 radical (unpaired) electrons. The van der Waals surface area contributed by atoms with Gasteiger partial charge in [0, 0.05) is 17.8 Å². The molecule has 1 heterocycles. The molecule has 3 N–H and O–H groups in total. The zero-order chi connectivity index (χ0) is 25.5. The van der Waals surface area contributed by atoms with Crippen LogP contribution in [0.1, 0.15) is 58.9 Å². The molecular formula is C25H29N5O4S. The molecule has 0 fully saturated rings. The number of aryl methyl sites for hydroxylation is 1. The highest BCUT2D eigenvalue weighted by molar-refractivity contribution is 7.99. The highest BCUT2D eigenvalue weighted by Crippen LogP contribution is 2.26. The summed E-state index contributed by atoms with van der Waals surface area (Å²) < 4.78 is 1.89. The highest BCUT2D eigenvalue weighted by atomic mass is 32.2. The number of thioether (sulfide) groups is 1. The lowest BCUT2D eigenvalue weighted by Gasteiger charge is -2.22. The van der Waals surface area contributed by atoms with E-state index in [1.165, 1.54) is 23.9 Å². The van der Waals surface area contributed by atoms with Crippen molar-refractivity contribution in [2.24, 2.45) is 5.92 Å². The third-order valence-electron chi connectivity index (χ3n) is 5.30. The van der Waals surface area contributed by atoms with E-state index in [9.17, 15) is 14.4 Å². The van der Waals surface area contributed by atoms with Crippen LogP contribution in [0.25, 0.3) is 0 Å². The molecule has 0 saturated heterocycles. The Morgan fingerprint density at radius 3 is 2.43 bits per heavy atom. The number of benzene rings is 2. The van der Waals surface area contributed by atoms with Gasteiger partial charge in [0.15, 0.2) is 11.0 Å². The Labute approximate surface area is 208 Å². The summed E-state index contributed by atoms with van der Waals surface area (Å²) in [5, 5.41) is 24.1. The third kappa shape index (κ3) is 6.69. The molecule has 0 saturated carbocycles. The molecule has 10 heteroatoms. The Bertz CT molecular complexity index is 1220. The van der Waals surface area contributed by atoms with E-state index in [2.05, 4.69) is 20.8 Å². The van der Waals surface area contributed by atoms with Crippen LogP contribution in [0.15, 0.2) is 53.7 Å². The Balaban J connectivity index is 1.71. The van der Waals surface area contributed by atoms with Gasteiger partial charge < -0.3 is 20.3 Å². The molecule has 0 spiro atoms. The van der Waals surface area contributed by atoms with Crippen molar-refractivity contribution in [3.63, 3.8) is 0 Å². The van der Waals surface area contributed by atoms with Gasteiger partial charge in [-0.3, -0.25) is 9.59 Å². The Morgan fingerprint density at radius 2 is 1.77 bits per heavy atom. The zero-order valence-corrected chi connectivity index (χ0v) is 20.9. The number of anilines is 1. The van der Waals surface area contributed by atoms with Crippen LogP contribution in [-0.4, -0.2) is 43.4 Å². The summed E-state index contributed by atoms with van der Waals surface area (Å²) in [6.45, 7) is 8.46. The molecule has 3 aromatic rings. The SMILES string of the molecule is CCn1c(SCC(=O)Nc2cccc(C(=O)O)c2)nnc1[C@@H](NC(=O)c1cccc(C)c1)C(C)C.